The molecule has 0 aliphatic carbocycles. The predicted octanol–water partition coefficient (Wildman–Crippen LogP) is 2.82. The molecule has 1 aromatic carbocycles. The summed E-state index contributed by atoms with van der Waals surface area (Å²) in [5.74, 6) is 0.745. The number of hydrogen-bond donors (Lipinski definition) is 2. The van der Waals surface area contributed by atoms with Gasteiger partial charge in [-0.1, -0.05) is 19.1 Å². The minimum Gasteiger partial charge on any atom is -0.361 e. The monoisotopic (exact) mass is 403 g/mol. The Morgan fingerprint density at radius 1 is 1.24 bits per heavy atom. The molecule has 0 fully saturated rings. The smallest absolute Gasteiger partial charge is 0.182 e. The molecule has 0 saturated heterocycles. The maximum atomic E-state index is 5.10. The highest BCUT2D eigenvalue weighted by molar-refractivity contribution is 7.07. The van der Waals surface area contributed by atoms with Crippen molar-refractivity contribution in [2.75, 3.05) is 10.2 Å². The molecular formula is C21H21N7S. The van der Waals surface area contributed by atoms with E-state index in [2.05, 4.69) is 85.9 Å². The molecule has 0 radical (unpaired) electrons. The van der Waals surface area contributed by atoms with E-state index in [1.807, 2.05) is 0 Å². The zero-order valence-electron chi connectivity index (χ0n) is 16.2. The molecular weight excluding hydrogens is 382 g/mol. The van der Waals surface area contributed by atoms with E-state index in [1.165, 1.54) is 16.4 Å². The molecule has 29 heavy (non-hydrogen) atoms. The topological polar surface area (TPSA) is 82.1 Å². The number of hydrogen-bond acceptors (Lipinski definition) is 7. The van der Waals surface area contributed by atoms with Gasteiger partial charge in [-0.2, -0.15) is 0 Å². The van der Waals surface area contributed by atoms with Crippen LogP contribution in [0.1, 0.15) is 18.9 Å². The highest BCUT2D eigenvalue weighted by Crippen LogP contribution is 2.26. The van der Waals surface area contributed by atoms with Crippen molar-refractivity contribution in [3.63, 3.8) is 0 Å². The van der Waals surface area contributed by atoms with Crippen LogP contribution in [-0.4, -0.2) is 32.1 Å². The van der Waals surface area contributed by atoms with Gasteiger partial charge in [0.15, 0.2) is 11.5 Å². The molecule has 7 nitrogen and oxygen atoms in total. The van der Waals surface area contributed by atoms with Gasteiger partial charge in [0.1, 0.15) is 18.0 Å². The number of aromatic nitrogens is 4. The minimum absolute atomic E-state index is 0.0428. The third kappa shape index (κ3) is 3.25. The second kappa shape index (κ2) is 7.29. The van der Waals surface area contributed by atoms with Crippen molar-refractivity contribution in [1.29, 1.82) is 0 Å². The summed E-state index contributed by atoms with van der Waals surface area (Å²) >= 11 is 1.71. The van der Waals surface area contributed by atoms with E-state index in [9.17, 15) is 0 Å². The highest BCUT2D eigenvalue weighted by atomic mass is 32.1. The molecule has 1 aliphatic heterocycles. The van der Waals surface area contributed by atoms with Crippen LogP contribution in [0.4, 0.5) is 11.5 Å². The molecule has 2 N–H and O–H groups in total. The molecule has 146 valence electrons. The quantitative estimate of drug-likeness (QED) is 0.535. The second-order valence-electron chi connectivity index (χ2n) is 7.07. The first kappa shape index (κ1) is 17.8. The Balaban J connectivity index is 1.57. The van der Waals surface area contributed by atoms with Crippen LogP contribution in [0.5, 0.6) is 0 Å². The maximum Gasteiger partial charge on any atom is 0.182 e. The maximum absolute atomic E-state index is 5.10. The van der Waals surface area contributed by atoms with Crippen molar-refractivity contribution in [2.24, 2.45) is 4.99 Å². The Kier molecular flexibility index (Phi) is 4.48. The largest absolute Gasteiger partial charge is 0.361 e. The number of H-pyrrole nitrogens is 1. The molecule has 3 aromatic heterocycles. The van der Waals surface area contributed by atoms with Crippen LogP contribution >= 0.6 is 11.3 Å². The van der Waals surface area contributed by atoms with Crippen LogP contribution in [-0.2, 0) is 0 Å². The van der Waals surface area contributed by atoms with E-state index >= 15 is 0 Å². The summed E-state index contributed by atoms with van der Waals surface area (Å²) in [4.78, 5) is 23.4. The van der Waals surface area contributed by atoms with Crippen molar-refractivity contribution in [3.8, 4) is 0 Å². The zero-order chi connectivity index (χ0) is 19.8. The van der Waals surface area contributed by atoms with Gasteiger partial charge in [-0.05, 0) is 42.5 Å². The fourth-order valence-corrected chi connectivity index (χ4v) is 4.42. The highest BCUT2D eigenvalue weighted by Gasteiger charge is 2.28. The average molecular weight is 404 g/mol. The Labute approximate surface area is 171 Å². The second-order valence-corrected chi connectivity index (χ2v) is 8.02. The van der Waals surface area contributed by atoms with E-state index < -0.39 is 0 Å². The van der Waals surface area contributed by atoms with Crippen LogP contribution in [0.25, 0.3) is 17.4 Å². The lowest BCUT2D eigenvalue weighted by Gasteiger charge is -2.35. The Morgan fingerprint density at radius 2 is 2.17 bits per heavy atom. The summed E-state index contributed by atoms with van der Waals surface area (Å²) in [6, 6.07) is 10.7. The van der Waals surface area contributed by atoms with E-state index in [0.29, 0.717) is 5.65 Å². The molecule has 0 saturated carbocycles. The number of nitrogens with one attached hydrogen (secondary N) is 2. The predicted molar refractivity (Wildman–Crippen MR) is 116 cm³/mol. The summed E-state index contributed by atoms with van der Waals surface area (Å²) in [7, 11) is 0. The lowest BCUT2D eigenvalue weighted by atomic mass is 10.1. The van der Waals surface area contributed by atoms with Crippen molar-refractivity contribution < 1.29 is 0 Å². The Morgan fingerprint density at radius 3 is 3.03 bits per heavy atom. The molecule has 2 atom stereocenters. The minimum atomic E-state index is -0.100. The van der Waals surface area contributed by atoms with E-state index in [1.54, 1.807) is 17.7 Å². The van der Waals surface area contributed by atoms with Crippen molar-refractivity contribution in [1.82, 2.24) is 19.9 Å². The molecule has 0 spiro atoms. The number of imidazole rings is 1. The standard InChI is InChI=1S/C21H21N7S/c1-3-15(26-20-18-19(23-11-22-18)24-12-25-20)21-27-16-7-8-29-17(16)10-28(21)14-6-4-5-13(2)9-14/h4-12,15,21H,3H2,1-2H3,(H2,22,23,24,25,26). The van der Waals surface area contributed by atoms with Crippen LogP contribution in [0.2, 0.25) is 0 Å². The van der Waals surface area contributed by atoms with E-state index in [-0.39, 0.29) is 12.2 Å². The van der Waals surface area contributed by atoms with Gasteiger partial charge in [0.25, 0.3) is 0 Å². The summed E-state index contributed by atoms with van der Waals surface area (Å²) in [5.41, 5.74) is 3.82. The molecule has 8 heteroatoms. The van der Waals surface area contributed by atoms with Crippen LogP contribution in [0, 0.1) is 6.92 Å². The van der Waals surface area contributed by atoms with Gasteiger partial charge in [0.05, 0.1) is 22.3 Å². The lowest BCUT2D eigenvalue weighted by Crippen LogP contribution is -2.49. The molecule has 0 amide bonds. The summed E-state index contributed by atoms with van der Waals surface area (Å²) in [6.07, 6.45) is 6.17. The fourth-order valence-electron chi connectivity index (χ4n) is 3.66. The molecule has 1 aliphatic rings. The Bertz CT molecular complexity index is 1280. The third-order valence-electron chi connectivity index (χ3n) is 5.13. The van der Waals surface area contributed by atoms with Gasteiger partial charge in [0.2, 0.25) is 0 Å². The molecule has 5 rings (SSSR count). The van der Waals surface area contributed by atoms with E-state index in [0.717, 1.165) is 28.8 Å². The van der Waals surface area contributed by atoms with Crippen molar-refractivity contribution in [2.45, 2.75) is 32.5 Å². The van der Waals surface area contributed by atoms with Gasteiger partial charge >= 0.3 is 0 Å². The van der Waals surface area contributed by atoms with Gasteiger partial charge in [-0.15, -0.1) is 11.3 Å². The van der Waals surface area contributed by atoms with Crippen LogP contribution in [0.3, 0.4) is 0 Å². The normalized spacial score (nSPS) is 16.8. The molecule has 4 aromatic rings. The summed E-state index contributed by atoms with van der Waals surface area (Å²) in [6.45, 7) is 4.28. The van der Waals surface area contributed by atoms with Crippen LogP contribution < -0.4 is 20.1 Å². The number of anilines is 2. The van der Waals surface area contributed by atoms with E-state index in [4.69, 9.17) is 4.99 Å². The number of aromatic amines is 1. The molecule has 4 heterocycles. The molecule has 0 bridgehead atoms. The summed E-state index contributed by atoms with van der Waals surface area (Å²) < 4.78 is 1.18. The number of nitrogens with zero attached hydrogens (tertiary/aromatic N) is 5. The zero-order valence-corrected chi connectivity index (χ0v) is 17.0. The van der Waals surface area contributed by atoms with Gasteiger partial charge in [-0.3, -0.25) is 4.99 Å². The van der Waals surface area contributed by atoms with Crippen molar-refractivity contribution >= 4 is 40.2 Å². The number of aryl methyl sites for hydroxylation is 1. The lowest BCUT2D eigenvalue weighted by molar-refractivity contribution is 0.539. The molecule has 2 unspecified atom stereocenters. The van der Waals surface area contributed by atoms with Gasteiger partial charge in [0, 0.05) is 11.9 Å². The Hall–Kier alpha value is -3.26. The number of rotatable bonds is 5. The first-order valence-corrected chi connectivity index (χ1v) is 10.5. The van der Waals surface area contributed by atoms with Crippen LogP contribution in [0.15, 0.2) is 53.4 Å². The summed E-state index contributed by atoms with van der Waals surface area (Å²) in [5, 5.41) is 6.72. The van der Waals surface area contributed by atoms with Crippen molar-refractivity contribution in [3.05, 3.63) is 63.8 Å². The number of thiophene rings is 1. The first-order chi connectivity index (χ1) is 14.2. The SMILES string of the molecule is CCC(Nc1ncnc2nc[nH]c12)C1N=c2ccsc2=CN1c1cccc(C)c1. The van der Waals surface area contributed by atoms with Gasteiger partial charge < -0.3 is 15.2 Å². The third-order valence-corrected chi connectivity index (χ3v) is 5.97. The fraction of sp³-hybridized carbons (Fsp3) is 0.238. The van der Waals surface area contributed by atoms with Gasteiger partial charge in [-0.25, -0.2) is 15.0 Å². The number of benzene rings is 1. The number of fused-ring (bicyclic) bond motifs is 2. The first-order valence-electron chi connectivity index (χ1n) is 9.62. The average Bonchev–Trinajstić information content (AvgIpc) is 3.40.